The van der Waals surface area contributed by atoms with E-state index in [2.05, 4.69) is 10.5 Å². The summed E-state index contributed by atoms with van der Waals surface area (Å²) in [6, 6.07) is 8.64. The van der Waals surface area contributed by atoms with Crippen molar-refractivity contribution in [3.8, 4) is 11.3 Å². The number of hydrogen-bond acceptors (Lipinski definition) is 4. The zero-order valence-corrected chi connectivity index (χ0v) is 12.6. The van der Waals surface area contributed by atoms with Crippen molar-refractivity contribution in [2.24, 2.45) is 0 Å². The van der Waals surface area contributed by atoms with Crippen LogP contribution in [-0.4, -0.2) is 28.3 Å². The SMILES string of the molecule is CC(C)(CCO)NC(=O)c1cc(-c2ccc(Cl)cc2)on1. The molecule has 0 saturated heterocycles. The zero-order valence-electron chi connectivity index (χ0n) is 11.9. The predicted octanol–water partition coefficient (Wildman–Crippen LogP) is 2.89. The standard InChI is InChI=1S/C15H17ClN2O3/c1-15(2,7-8-19)17-14(20)12-9-13(21-18-12)10-3-5-11(16)6-4-10/h3-6,9,19H,7-8H2,1-2H3,(H,17,20). The molecule has 1 aromatic heterocycles. The number of rotatable bonds is 5. The van der Waals surface area contributed by atoms with Crippen LogP contribution >= 0.6 is 11.6 Å². The fraction of sp³-hybridized carbons (Fsp3) is 0.333. The van der Waals surface area contributed by atoms with Crippen LogP contribution in [0.15, 0.2) is 34.9 Å². The molecule has 0 atom stereocenters. The number of carbonyl (C=O) groups is 1. The topological polar surface area (TPSA) is 75.4 Å². The third-order valence-electron chi connectivity index (χ3n) is 3.06. The maximum absolute atomic E-state index is 12.1. The molecule has 5 nitrogen and oxygen atoms in total. The van der Waals surface area contributed by atoms with E-state index in [1.807, 2.05) is 13.8 Å². The first-order valence-electron chi connectivity index (χ1n) is 6.57. The largest absolute Gasteiger partial charge is 0.396 e. The molecule has 6 heteroatoms. The van der Waals surface area contributed by atoms with Gasteiger partial charge >= 0.3 is 0 Å². The van der Waals surface area contributed by atoms with Crippen molar-refractivity contribution in [2.45, 2.75) is 25.8 Å². The molecule has 112 valence electrons. The molecule has 0 fully saturated rings. The molecule has 1 aromatic carbocycles. The molecule has 2 aromatic rings. The van der Waals surface area contributed by atoms with Crippen molar-refractivity contribution >= 4 is 17.5 Å². The lowest BCUT2D eigenvalue weighted by Gasteiger charge is -2.24. The van der Waals surface area contributed by atoms with Crippen LogP contribution in [0.5, 0.6) is 0 Å². The van der Waals surface area contributed by atoms with Crippen molar-refractivity contribution in [3.05, 3.63) is 41.0 Å². The molecule has 0 radical (unpaired) electrons. The average molecular weight is 309 g/mol. The van der Waals surface area contributed by atoms with E-state index < -0.39 is 5.54 Å². The van der Waals surface area contributed by atoms with Crippen LogP contribution in [0, 0.1) is 0 Å². The van der Waals surface area contributed by atoms with Gasteiger partial charge in [-0.25, -0.2) is 0 Å². The van der Waals surface area contributed by atoms with Gasteiger partial charge in [-0.05, 0) is 44.5 Å². The summed E-state index contributed by atoms with van der Waals surface area (Å²) >= 11 is 5.83. The van der Waals surface area contributed by atoms with Gasteiger partial charge in [0.1, 0.15) is 0 Å². The number of amides is 1. The molecule has 0 spiro atoms. The Balaban J connectivity index is 2.12. The summed E-state index contributed by atoms with van der Waals surface area (Å²) in [7, 11) is 0. The van der Waals surface area contributed by atoms with E-state index in [-0.39, 0.29) is 18.2 Å². The number of carbonyl (C=O) groups excluding carboxylic acids is 1. The first kappa shape index (κ1) is 15.5. The van der Waals surface area contributed by atoms with Crippen LogP contribution in [-0.2, 0) is 0 Å². The fourth-order valence-corrected chi connectivity index (χ4v) is 1.97. The molecular formula is C15H17ClN2O3. The molecular weight excluding hydrogens is 292 g/mol. The van der Waals surface area contributed by atoms with E-state index in [0.29, 0.717) is 17.2 Å². The van der Waals surface area contributed by atoms with Gasteiger partial charge in [0.2, 0.25) is 0 Å². The first-order valence-corrected chi connectivity index (χ1v) is 6.95. The number of nitrogens with one attached hydrogen (secondary N) is 1. The Hall–Kier alpha value is -1.85. The number of benzene rings is 1. The van der Waals surface area contributed by atoms with Gasteiger partial charge in [-0.2, -0.15) is 0 Å². The van der Waals surface area contributed by atoms with E-state index in [9.17, 15) is 4.79 Å². The highest BCUT2D eigenvalue weighted by Gasteiger charge is 2.22. The van der Waals surface area contributed by atoms with Crippen LogP contribution in [0.3, 0.4) is 0 Å². The highest BCUT2D eigenvalue weighted by atomic mass is 35.5. The Labute approximate surface area is 127 Å². The number of halogens is 1. The predicted molar refractivity (Wildman–Crippen MR) is 80.2 cm³/mol. The van der Waals surface area contributed by atoms with Gasteiger partial charge in [0.05, 0.1) is 0 Å². The minimum Gasteiger partial charge on any atom is -0.396 e. The van der Waals surface area contributed by atoms with Crippen LogP contribution in [0.25, 0.3) is 11.3 Å². The molecule has 0 bridgehead atoms. The summed E-state index contributed by atoms with van der Waals surface area (Å²) in [6.45, 7) is 3.67. The molecule has 0 aliphatic heterocycles. The normalized spacial score (nSPS) is 11.4. The van der Waals surface area contributed by atoms with E-state index in [1.165, 1.54) is 0 Å². The quantitative estimate of drug-likeness (QED) is 0.890. The molecule has 1 amide bonds. The monoisotopic (exact) mass is 308 g/mol. The summed E-state index contributed by atoms with van der Waals surface area (Å²) in [5, 5.41) is 16.2. The Morgan fingerprint density at radius 3 is 2.67 bits per heavy atom. The third-order valence-corrected chi connectivity index (χ3v) is 3.31. The van der Waals surface area contributed by atoms with E-state index >= 15 is 0 Å². The zero-order chi connectivity index (χ0) is 15.5. The Bertz CT molecular complexity index is 620. The second-order valence-corrected chi connectivity index (χ2v) is 5.83. The highest BCUT2D eigenvalue weighted by Crippen LogP contribution is 2.22. The van der Waals surface area contributed by atoms with Crippen LogP contribution in [0.2, 0.25) is 5.02 Å². The van der Waals surface area contributed by atoms with Gasteiger partial charge in [0.25, 0.3) is 5.91 Å². The maximum atomic E-state index is 12.1. The first-order chi connectivity index (χ1) is 9.91. The molecule has 0 aliphatic rings. The van der Waals surface area contributed by atoms with Crippen molar-refractivity contribution in [3.63, 3.8) is 0 Å². The summed E-state index contributed by atoms with van der Waals surface area (Å²) in [4.78, 5) is 12.1. The second-order valence-electron chi connectivity index (χ2n) is 5.39. The highest BCUT2D eigenvalue weighted by molar-refractivity contribution is 6.30. The van der Waals surface area contributed by atoms with Gasteiger partial charge in [0, 0.05) is 28.8 Å². The van der Waals surface area contributed by atoms with Gasteiger partial charge in [-0.1, -0.05) is 16.8 Å². The fourth-order valence-electron chi connectivity index (χ4n) is 1.85. The Morgan fingerprint density at radius 1 is 1.38 bits per heavy atom. The molecule has 2 rings (SSSR count). The van der Waals surface area contributed by atoms with E-state index in [1.54, 1.807) is 30.3 Å². The average Bonchev–Trinajstić information content (AvgIpc) is 2.88. The summed E-state index contributed by atoms with van der Waals surface area (Å²) < 4.78 is 5.18. The van der Waals surface area contributed by atoms with Crippen molar-refractivity contribution < 1.29 is 14.4 Å². The smallest absolute Gasteiger partial charge is 0.273 e. The lowest BCUT2D eigenvalue weighted by atomic mass is 10.0. The Kier molecular flexibility index (Phi) is 4.65. The van der Waals surface area contributed by atoms with Gasteiger partial charge < -0.3 is 14.9 Å². The molecule has 2 N–H and O–H groups in total. The van der Waals surface area contributed by atoms with Crippen molar-refractivity contribution in [1.82, 2.24) is 10.5 Å². The summed E-state index contributed by atoms with van der Waals surface area (Å²) in [6.07, 6.45) is 0.459. The molecule has 0 saturated carbocycles. The third kappa shape index (κ3) is 4.06. The molecule has 0 unspecified atom stereocenters. The minimum atomic E-state index is -0.509. The van der Waals surface area contributed by atoms with E-state index in [4.69, 9.17) is 21.2 Å². The molecule has 0 aliphatic carbocycles. The lowest BCUT2D eigenvalue weighted by Crippen LogP contribution is -2.44. The van der Waals surface area contributed by atoms with Crippen molar-refractivity contribution in [1.29, 1.82) is 0 Å². The van der Waals surface area contributed by atoms with Gasteiger partial charge in [-0.15, -0.1) is 0 Å². The molecule has 21 heavy (non-hydrogen) atoms. The number of nitrogens with zero attached hydrogens (tertiary/aromatic N) is 1. The number of aliphatic hydroxyl groups excluding tert-OH is 1. The second kappa shape index (κ2) is 6.28. The van der Waals surface area contributed by atoms with Gasteiger partial charge in [0.15, 0.2) is 11.5 Å². The maximum Gasteiger partial charge on any atom is 0.273 e. The minimum absolute atomic E-state index is 0.00210. The Morgan fingerprint density at radius 2 is 2.05 bits per heavy atom. The lowest BCUT2D eigenvalue weighted by molar-refractivity contribution is 0.0890. The summed E-state index contributed by atoms with van der Waals surface area (Å²) in [5.41, 5.74) is 0.483. The van der Waals surface area contributed by atoms with Crippen LogP contribution in [0.4, 0.5) is 0 Å². The van der Waals surface area contributed by atoms with E-state index in [0.717, 1.165) is 5.56 Å². The van der Waals surface area contributed by atoms with Crippen molar-refractivity contribution in [2.75, 3.05) is 6.61 Å². The summed E-state index contributed by atoms with van der Waals surface area (Å²) in [5.74, 6) is 0.161. The van der Waals surface area contributed by atoms with Crippen LogP contribution < -0.4 is 5.32 Å². The van der Waals surface area contributed by atoms with Crippen LogP contribution in [0.1, 0.15) is 30.8 Å². The number of aromatic nitrogens is 1. The number of hydrogen-bond donors (Lipinski definition) is 2. The molecule has 1 heterocycles. The van der Waals surface area contributed by atoms with Gasteiger partial charge in [-0.3, -0.25) is 4.79 Å². The number of aliphatic hydroxyl groups is 1.